The molecule has 0 fully saturated rings. The third-order valence-corrected chi connectivity index (χ3v) is 3.31. The van der Waals surface area contributed by atoms with E-state index in [9.17, 15) is 9.59 Å². The van der Waals surface area contributed by atoms with Gasteiger partial charge in [-0.1, -0.05) is 15.9 Å². The lowest BCUT2D eigenvalue weighted by atomic mass is 10.2. The van der Waals surface area contributed by atoms with Gasteiger partial charge in [0.2, 0.25) is 5.91 Å². The van der Waals surface area contributed by atoms with E-state index in [4.69, 9.17) is 0 Å². The van der Waals surface area contributed by atoms with E-state index in [1.165, 1.54) is 12.4 Å². The summed E-state index contributed by atoms with van der Waals surface area (Å²) in [6.45, 7) is 1.81. The number of carbonyl (C=O) groups excluding carboxylic acids is 2. The number of pyridine rings is 1. The molecule has 5 nitrogen and oxygen atoms in total. The number of rotatable bonds is 4. The van der Waals surface area contributed by atoms with Gasteiger partial charge in [0.1, 0.15) is 0 Å². The fourth-order valence-corrected chi connectivity index (χ4v) is 2.20. The van der Waals surface area contributed by atoms with Crippen LogP contribution in [-0.2, 0) is 4.79 Å². The Morgan fingerprint density at radius 3 is 2.57 bits per heavy atom. The van der Waals surface area contributed by atoms with Crippen molar-refractivity contribution in [2.45, 2.75) is 6.92 Å². The quantitative estimate of drug-likeness (QED) is 0.892. The minimum Gasteiger partial charge on any atom is -0.343 e. The van der Waals surface area contributed by atoms with E-state index in [1.807, 2.05) is 25.1 Å². The van der Waals surface area contributed by atoms with E-state index in [0.29, 0.717) is 5.56 Å². The van der Waals surface area contributed by atoms with Crippen molar-refractivity contribution in [2.24, 2.45) is 0 Å². The molecule has 0 saturated carbocycles. The van der Waals surface area contributed by atoms with Crippen molar-refractivity contribution in [3.05, 3.63) is 58.3 Å². The van der Waals surface area contributed by atoms with Crippen LogP contribution in [0.1, 0.15) is 15.9 Å². The lowest BCUT2D eigenvalue weighted by molar-refractivity contribution is -0.115. The van der Waals surface area contributed by atoms with Gasteiger partial charge < -0.3 is 10.6 Å². The molecule has 0 radical (unpaired) electrons. The predicted octanol–water partition coefficient (Wildman–Crippen LogP) is 2.52. The number of hydrogen-bond donors (Lipinski definition) is 2. The first kappa shape index (κ1) is 15.2. The molecular weight excluding hydrogens is 334 g/mol. The van der Waals surface area contributed by atoms with E-state index >= 15 is 0 Å². The number of carbonyl (C=O) groups is 2. The van der Waals surface area contributed by atoms with E-state index in [-0.39, 0.29) is 18.4 Å². The standard InChI is InChI=1S/C15H14BrN3O2/c1-10-8-12(16)2-3-13(10)19-14(20)9-18-15(21)11-4-6-17-7-5-11/h2-8H,9H2,1H3,(H,18,21)(H,19,20). The number of hydrogen-bond acceptors (Lipinski definition) is 3. The fourth-order valence-electron chi connectivity index (χ4n) is 1.73. The molecule has 2 rings (SSSR count). The molecule has 1 aromatic carbocycles. The molecule has 108 valence electrons. The highest BCUT2D eigenvalue weighted by molar-refractivity contribution is 9.10. The van der Waals surface area contributed by atoms with Crippen molar-refractivity contribution in [3.63, 3.8) is 0 Å². The summed E-state index contributed by atoms with van der Waals surface area (Å²) in [6.07, 6.45) is 3.06. The Bertz CT molecular complexity index is 659. The van der Waals surface area contributed by atoms with Crippen LogP contribution in [0.4, 0.5) is 5.69 Å². The van der Waals surface area contributed by atoms with Gasteiger partial charge in [0.25, 0.3) is 5.91 Å². The number of halogens is 1. The monoisotopic (exact) mass is 347 g/mol. The highest BCUT2D eigenvalue weighted by Gasteiger charge is 2.09. The van der Waals surface area contributed by atoms with Gasteiger partial charge in [0, 0.05) is 28.1 Å². The van der Waals surface area contributed by atoms with Crippen LogP contribution in [0.3, 0.4) is 0 Å². The number of aryl methyl sites for hydroxylation is 1. The van der Waals surface area contributed by atoms with Crippen LogP contribution in [-0.4, -0.2) is 23.3 Å². The first-order valence-electron chi connectivity index (χ1n) is 6.30. The Labute approximate surface area is 130 Å². The van der Waals surface area contributed by atoms with E-state index in [2.05, 4.69) is 31.5 Å². The van der Waals surface area contributed by atoms with Crippen LogP contribution < -0.4 is 10.6 Å². The van der Waals surface area contributed by atoms with Gasteiger partial charge >= 0.3 is 0 Å². The second-order valence-corrected chi connectivity index (χ2v) is 5.34. The normalized spacial score (nSPS) is 10.0. The third-order valence-electron chi connectivity index (χ3n) is 2.81. The van der Waals surface area contributed by atoms with Gasteiger partial charge in [-0.25, -0.2) is 0 Å². The van der Waals surface area contributed by atoms with Crippen molar-refractivity contribution < 1.29 is 9.59 Å². The zero-order valence-electron chi connectivity index (χ0n) is 11.4. The Kier molecular flexibility index (Phi) is 5.05. The molecule has 21 heavy (non-hydrogen) atoms. The molecule has 0 saturated heterocycles. The molecule has 0 atom stereocenters. The van der Waals surface area contributed by atoms with Crippen molar-refractivity contribution in [3.8, 4) is 0 Å². The topological polar surface area (TPSA) is 71.1 Å². The second-order valence-electron chi connectivity index (χ2n) is 4.43. The number of nitrogens with zero attached hydrogens (tertiary/aromatic N) is 1. The summed E-state index contributed by atoms with van der Waals surface area (Å²) in [7, 11) is 0. The third kappa shape index (κ3) is 4.39. The summed E-state index contributed by atoms with van der Waals surface area (Å²) in [6, 6.07) is 8.74. The summed E-state index contributed by atoms with van der Waals surface area (Å²) >= 11 is 3.36. The number of aromatic nitrogens is 1. The number of amides is 2. The Morgan fingerprint density at radius 2 is 1.90 bits per heavy atom. The summed E-state index contributed by atoms with van der Waals surface area (Å²) in [4.78, 5) is 27.5. The predicted molar refractivity (Wildman–Crippen MR) is 84.1 cm³/mol. The smallest absolute Gasteiger partial charge is 0.251 e. The first-order chi connectivity index (χ1) is 10.1. The molecule has 2 N–H and O–H groups in total. The fraction of sp³-hybridized carbons (Fsp3) is 0.133. The summed E-state index contributed by atoms with van der Waals surface area (Å²) < 4.78 is 0.948. The van der Waals surface area contributed by atoms with Crippen molar-refractivity contribution in [1.82, 2.24) is 10.3 Å². The molecule has 0 aliphatic rings. The average molecular weight is 348 g/mol. The van der Waals surface area contributed by atoms with Crippen LogP contribution in [0.15, 0.2) is 47.2 Å². The lowest BCUT2D eigenvalue weighted by Gasteiger charge is -2.09. The first-order valence-corrected chi connectivity index (χ1v) is 7.10. The Balaban J connectivity index is 1.89. The maximum Gasteiger partial charge on any atom is 0.251 e. The minimum absolute atomic E-state index is 0.0866. The lowest BCUT2D eigenvalue weighted by Crippen LogP contribution is -2.33. The molecule has 2 amide bonds. The maximum absolute atomic E-state index is 11.8. The highest BCUT2D eigenvalue weighted by Crippen LogP contribution is 2.19. The molecular formula is C15H14BrN3O2. The van der Waals surface area contributed by atoms with Crippen molar-refractivity contribution in [2.75, 3.05) is 11.9 Å². The zero-order chi connectivity index (χ0) is 15.2. The van der Waals surface area contributed by atoms with Crippen LogP contribution >= 0.6 is 15.9 Å². The summed E-state index contributed by atoms with van der Waals surface area (Å²) in [5, 5.41) is 5.32. The van der Waals surface area contributed by atoms with Gasteiger partial charge in [0.05, 0.1) is 6.54 Å². The van der Waals surface area contributed by atoms with Gasteiger partial charge in [-0.2, -0.15) is 0 Å². The van der Waals surface area contributed by atoms with Gasteiger partial charge in [-0.15, -0.1) is 0 Å². The van der Waals surface area contributed by atoms with Gasteiger partial charge in [-0.05, 0) is 42.8 Å². The molecule has 0 unspecified atom stereocenters. The molecule has 0 spiro atoms. The molecule has 2 aromatic rings. The minimum atomic E-state index is -0.305. The van der Waals surface area contributed by atoms with E-state index in [0.717, 1.165) is 15.7 Å². The maximum atomic E-state index is 11.8. The SMILES string of the molecule is Cc1cc(Br)ccc1NC(=O)CNC(=O)c1ccncc1. The number of anilines is 1. The summed E-state index contributed by atoms with van der Waals surface area (Å²) in [5.41, 5.74) is 2.14. The van der Waals surface area contributed by atoms with E-state index in [1.54, 1.807) is 12.1 Å². The zero-order valence-corrected chi connectivity index (χ0v) is 13.0. The summed E-state index contributed by atoms with van der Waals surface area (Å²) in [5.74, 6) is -0.581. The molecule has 0 aliphatic heterocycles. The molecule has 0 bridgehead atoms. The van der Waals surface area contributed by atoms with E-state index < -0.39 is 0 Å². The Morgan fingerprint density at radius 1 is 1.19 bits per heavy atom. The number of nitrogens with one attached hydrogen (secondary N) is 2. The average Bonchev–Trinajstić information content (AvgIpc) is 2.48. The van der Waals surface area contributed by atoms with Gasteiger partial charge in [-0.3, -0.25) is 14.6 Å². The van der Waals surface area contributed by atoms with Crippen molar-refractivity contribution in [1.29, 1.82) is 0 Å². The molecule has 6 heteroatoms. The van der Waals surface area contributed by atoms with Crippen LogP contribution in [0.5, 0.6) is 0 Å². The second kappa shape index (κ2) is 6.99. The molecule has 1 heterocycles. The van der Waals surface area contributed by atoms with Crippen molar-refractivity contribution >= 4 is 33.4 Å². The van der Waals surface area contributed by atoms with Gasteiger partial charge in [0.15, 0.2) is 0 Å². The Hall–Kier alpha value is -2.21. The molecule has 0 aliphatic carbocycles. The van der Waals surface area contributed by atoms with Crippen LogP contribution in [0.25, 0.3) is 0 Å². The largest absolute Gasteiger partial charge is 0.343 e. The van der Waals surface area contributed by atoms with Crippen LogP contribution in [0, 0.1) is 6.92 Å². The van der Waals surface area contributed by atoms with Crippen LogP contribution in [0.2, 0.25) is 0 Å². The number of benzene rings is 1. The highest BCUT2D eigenvalue weighted by atomic mass is 79.9. The molecule has 1 aromatic heterocycles.